The molecular weight excluding hydrogens is 186 g/mol. The molecule has 0 heterocycles. The number of hydrogen-bond donors (Lipinski definition) is 0. The fraction of sp³-hybridized carbons (Fsp3) is 0.250. The molecule has 70 valence electrons. The summed E-state index contributed by atoms with van der Waals surface area (Å²) in [6.45, 7) is 0. The van der Waals surface area contributed by atoms with Crippen molar-refractivity contribution >= 4 is 0 Å². The zero-order chi connectivity index (χ0) is 10.9. The number of benzene rings is 1. The summed E-state index contributed by atoms with van der Waals surface area (Å²) in [5, 5.41) is 26.5. The van der Waals surface area contributed by atoms with Crippen LogP contribution in [0.4, 0.5) is 0 Å². The topological polar surface area (TPSA) is 71.4 Å². The lowest BCUT2D eigenvalue weighted by molar-refractivity contribution is 0.849. The first-order valence-electron chi connectivity index (χ1n) is 4.58. The van der Waals surface area contributed by atoms with E-state index in [0.29, 0.717) is 12.0 Å². The predicted octanol–water partition coefficient (Wildman–Crippen LogP) is 1.86. The average molecular weight is 193 g/mol. The molecule has 3 heteroatoms. The molecule has 1 aliphatic rings. The first-order valence-corrected chi connectivity index (χ1v) is 4.58. The maximum Gasteiger partial charge on any atom is 0.0993 e. The summed E-state index contributed by atoms with van der Waals surface area (Å²) in [4.78, 5) is 0. The van der Waals surface area contributed by atoms with Crippen molar-refractivity contribution in [1.29, 1.82) is 15.8 Å². The minimum atomic E-state index is -0.622. The average Bonchev–Trinajstić information content (AvgIpc) is 3.04. The highest BCUT2D eigenvalue weighted by Crippen LogP contribution is 2.53. The van der Waals surface area contributed by atoms with Gasteiger partial charge < -0.3 is 0 Å². The molecule has 15 heavy (non-hydrogen) atoms. The summed E-state index contributed by atoms with van der Waals surface area (Å²) in [7, 11) is 0. The van der Waals surface area contributed by atoms with Crippen molar-refractivity contribution < 1.29 is 0 Å². The zero-order valence-electron chi connectivity index (χ0n) is 7.94. The second-order valence-corrected chi connectivity index (χ2v) is 3.66. The molecular formula is C12H7N3. The Hall–Kier alpha value is -2.31. The van der Waals surface area contributed by atoms with E-state index in [0.717, 1.165) is 5.56 Å². The van der Waals surface area contributed by atoms with Crippen LogP contribution in [-0.2, 0) is 5.41 Å². The van der Waals surface area contributed by atoms with Gasteiger partial charge >= 0.3 is 0 Å². The fourth-order valence-corrected chi connectivity index (χ4v) is 1.77. The quantitative estimate of drug-likeness (QED) is 0.683. The first-order chi connectivity index (χ1) is 7.26. The van der Waals surface area contributed by atoms with Crippen LogP contribution in [0.5, 0.6) is 0 Å². The molecule has 2 atom stereocenters. The van der Waals surface area contributed by atoms with Gasteiger partial charge in [0, 0.05) is 0 Å². The van der Waals surface area contributed by atoms with E-state index in [9.17, 15) is 0 Å². The van der Waals surface area contributed by atoms with Crippen LogP contribution >= 0.6 is 0 Å². The van der Waals surface area contributed by atoms with Crippen LogP contribution in [-0.4, -0.2) is 0 Å². The van der Waals surface area contributed by atoms with Crippen LogP contribution in [0.3, 0.4) is 0 Å². The van der Waals surface area contributed by atoms with Crippen LogP contribution in [0.1, 0.15) is 17.5 Å². The van der Waals surface area contributed by atoms with E-state index >= 15 is 0 Å². The minimum absolute atomic E-state index is 0.199. The van der Waals surface area contributed by atoms with Gasteiger partial charge in [-0.1, -0.05) is 12.1 Å². The lowest BCUT2D eigenvalue weighted by Crippen LogP contribution is -2.05. The van der Waals surface area contributed by atoms with E-state index in [1.807, 2.05) is 6.07 Å². The number of hydrogen-bond acceptors (Lipinski definition) is 3. The van der Waals surface area contributed by atoms with Gasteiger partial charge in [0.2, 0.25) is 0 Å². The molecule has 1 fully saturated rings. The SMILES string of the molecule is N#Cc1ccc(C2(C#N)CC2C#N)cc1. The van der Waals surface area contributed by atoms with Crippen LogP contribution in [0.2, 0.25) is 0 Å². The second kappa shape index (κ2) is 3.12. The van der Waals surface area contributed by atoms with Crippen molar-refractivity contribution in [3.05, 3.63) is 35.4 Å². The highest BCUT2D eigenvalue weighted by molar-refractivity contribution is 5.46. The van der Waals surface area contributed by atoms with Crippen LogP contribution in [0.15, 0.2) is 24.3 Å². The monoisotopic (exact) mass is 193 g/mol. The van der Waals surface area contributed by atoms with E-state index in [1.54, 1.807) is 24.3 Å². The summed E-state index contributed by atoms with van der Waals surface area (Å²) >= 11 is 0. The third-order valence-corrected chi connectivity index (χ3v) is 2.85. The number of nitriles is 3. The third kappa shape index (κ3) is 1.25. The normalized spacial score (nSPS) is 27.1. The van der Waals surface area contributed by atoms with Gasteiger partial charge in [-0.3, -0.25) is 0 Å². The summed E-state index contributed by atoms with van der Waals surface area (Å²) in [6.07, 6.45) is 0.603. The van der Waals surface area contributed by atoms with Crippen molar-refractivity contribution in [2.24, 2.45) is 5.92 Å². The smallest absolute Gasteiger partial charge is 0.0993 e. The van der Waals surface area contributed by atoms with Gasteiger partial charge in [-0.15, -0.1) is 0 Å². The van der Waals surface area contributed by atoms with Crippen molar-refractivity contribution in [2.75, 3.05) is 0 Å². The van der Waals surface area contributed by atoms with Gasteiger partial charge in [0.15, 0.2) is 0 Å². The van der Waals surface area contributed by atoms with E-state index in [-0.39, 0.29) is 5.92 Å². The molecule has 0 spiro atoms. The second-order valence-electron chi connectivity index (χ2n) is 3.66. The highest BCUT2D eigenvalue weighted by Gasteiger charge is 2.56. The van der Waals surface area contributed by atoms with Crippen molar-refractivity contribution in [1.82, 2.24) is 0 Å². The lowest BCUT2D eigenvalue weighted by atomic mass is 9.94. The molecule has 1 aliphatic carbocycles. The van der Waals surface area contributed by atoms with Crippen LogP contribution < -0.4 is 0 Å². The highest BCUT2D eigenvalue weighted by atomic mass is 14.6. The molecule has 2 rings (SSSR count). The van der Waals surface area contributed by atoms with Gasteiger partial charge in [-0.25, -0.2) is 0 Å². The first kappa shape index (κ1) is 9.25. The molecule has 1 saturated carbocycles. The Morgan fingerprint density at radius 3 is 2.20 bits per heavy atom. The summed E-state index contributed by atoms with van der Waals surface area (Å²) < 4.78 is 0. The Morgan fingerprint density at radius 1 is 1.13 bits per heavy atom. The Balaban J connectivity index is 2.37. The van der Waals surface area contributed by atoms with Gasteiger partial charge in [0.05, 0.1) is 35.1 Å². The molecule has 0 radical (unpaired) electrons. The van der Waals surface area contributed by atoms with Crippen LogP contribution in [0, 0.1) is 39.9 Å². The van der Waals surface area contributed by atoms with E-state index in [4.69, 9.17) is 15.8 Å². The van der Waals surface area contributed by atoms with Gasteiger partial charge in [-0.05, 0) is 24.1 Å². The molecule has 1 aromatic rings. The standard InChI is InChI=1S/C12H7N3/c13-6-9-1-3-10(4-2-9)12(8-15)5-11(12)7-14/h1-4,11H,5H2. The molecule has 0 N–H and O–H groups in total. The van der Waals surface area contributed by atoms with Gasteiger partial charge in [0.1, 0.15) is 0 Å². The van der Waals surface area contributed by atoms with E-state index in [2.05, 4.69) is 12.1 Å². The summed E-state index contributed by atoms with van der Waals surface area (Å²) in [5.41, 5.74) is 0.791. The Kier molecular flexibility index (Phi) is 1.93. The zero-order valence-corrected chi connectivity index (χ0v) is 7.94. The van der Waals surface area contributed by atoms with E-state index < -0.39 is 5.41 Å². The van der Waals surface area contributed by atoms with Crippen molar-refractivity contribution in [3.63, 3.8) is 0 Å². The lowest BCUT2D eigenvalue weighted by Gasteiger charge is -2.05. The molecule has 0 amide bonds. The molecule has 2 unspecified atom stereocenters. The molecule has 1 aromatic carbocycles. The Morgan fingerprint density at radius 2 is 1.80 bits per heavy atom. The molecule has 0 saturated heterocycles. The molecule has 3 nitrogen and oxygen atoms in total. The summed E-state index contributed by atoms with van der Waals surface area (Å²) in [6, 6.07) is 13.2. The fourth-order valence-electron chi connectivity index (χ4n) is 1.77. The number of rotatable bonds is 1. The largest absolute Gasteiger partial charge is 0.198 e. The Bertz CT molecular complexity index is 510. The summed E-state index contributed by atoms with van der Waals surface area (Å²) in [5.74, 6) is -0.199. The predicted molar refractivity (Wildman–Crippen MR) is 52.2 cm³/mol. The molecule has 0 aliphatic heterocycles. The number of nitrogens with zero attached hydrogens (tertiary/aromatic N) is 3. The van der Waals surface area contributed by atoms with Crippen molar-refractivity contribution in [3.8, 4) is 18.2 Å². The molecule has 0 bridgehead atoms. The maximum atomic E-state index is 9.07. The van der Waals surface area contributed by atoms with Gasteiger partial charge in [0.25, 0.3) is 0 Å². The minimum Gasteiger partial charge on any atom is -0.198 e. The third-order valence-electron chi connectivity index (χ3n) is 2.85. The van der Waals surface area contributed by atoms with Crippen molar-refractivity contribution in [2.45, 2.75) is 11.8 Å². The van der Waals surface area contributed by atoms with Crippen LogP contribution in [0.25, 0.3) is 0 Å². The van der Waals surface area contributed by atoms with Gasteiger partial charge in [-0.2, -0.15) is 15.8 Å². The Labute approximate surface area is 87.8 Å². The molecule has 0 aromatic heterocycles. The maximum absolute atomic E-state index is 9.07. The van der Waals surface area contributed by atoms with E-state index in [1.165, 1.54) is 0 Å².